The molecule has 0 amide bonds. The van der Waals surface area contributed by atoms with E-state index in [0.29, 0.717) is 11.8 Å². The summed E-state index contributed by atoms with van der Waals surface area (Å²) in [6, 6.07) is 0. The largest absolute Gasteiger partial charge is 0.330 e. The summed E-state index contributed by atoms with van der Waals surface area (Å²) in [5.74, 6) is 1.21. The summed E-state index contributed by atoms with van der Waals surface area (Å²) >= 11 is 0. The van der Waals surface area contributed by atoms with Crippen molar-refractivity contribution in [3.63, 3.8) is 0 Å². The van der Waals surface area contributed by atoms with Crippen LogP contribution in [0.4, 0.5) is 0 Å². The average molecular weight is 197 g/mol. The van der Waals surface area contributed by atoms with E-state index in [0.717, 1.165) is 25.7 Å². The van der Waals surface area contributed by atoms with Gasteiger partial charge in [0.2, 0.25) is 0 Å². The van der Waals surface area contributed by atoms with E-state index in [1.807, 2.05) is 0 Å². The van der Waals surface area contributed by atoms with Crippen LogP contribution in [-0.4, -0.2) is 15.8 Å². The quantitative estimate of drug-likeness (QED) is 0.392. The fraction of sp³-hybridized carbons (Fsp3) is 1.00. The van der Waals surface area contributed by atoms with Crippen LogP contribution in [0.25, 0.3) is 0 Å². The lowest BCUT2D eigenvalue weighted by molar-refractivity contribution is -0.659. The average Bonchev–Trinajstić information content (AvgIpc) is 2.12. The van der Waals surface area contributed by atoms with Crippen molar-refractivity contribution in [2.24, 2.45) is 23.7 Å². The van der Waals surface area contributed by atoms with Gasteiger partial charge in [0.1, 0.15) is 0 Å². The van der Waals surface area contributed by atoms with Crippen molar-refractivity contribution in [1.29, 1.82) is 0 Å². The summed E-state index contributed by atoms with van der Waals surface area (Å²) in [7, 11) is 0. The topological polar surface area (TPSA) is 63.4 Å². The lowest BCUT2D eigenvalue weighted by atomic mass is 9.52. The highest BCUT2D eigenvalue weighted by Crippen LogP contribution is 2.58. The first-order chi connectivity index (χ1) is 6.60. The Morgan fingerprint density at radius 3 is 1.86 bits per heavy atom. The van der Waals surface area contributed by atoms with Crippen LogP contribution in [0.1, 0.15) is 32.1 Å². The van der Waals surface area contributed by atoms with E-state index in [1.54, 1.807) is 0 Å². The van der Waals surface area contributed by atoms with Gasteiger partial charge in [-0.15, -0.1) is 0 Å². The van der Waals surface area contributed by atoms with Crippen LogP contribution in [0.5, 0.6) is 0 Å². The molecule has 0 unspecified atom stereocenters. The minimum Gasteiger partial charge on any atom is -0.330 e. The molecule has 0 spiro atoms. The molecule has 4 saturated carbocycles. The first kappa shape index (κ1) is 8.65. The molecule has 4 nitrogen and oxygen atoms in total. The normalized spacial score (nSPS) is 54.9. The van der Waals surface area contributed by atoms with Gasteiger partial charge in [-0.25, -0.2) is 0 Å². The van der Waals surface area contributed by atoms with Crippen LogP contribution >= 0.6 is 0 Å². The molecule has 78 valence electrons. The number of nitro groups is 1. The van der Waals surface area contributed by atoms with Gasteiger partial charge in [0.25, 0.3) is 0 Å². The summed E-state index contributed by atoms with van der Waals surface area (Å²) in [4.78, 5) is 10.6. The molecule has 0 aliphatic heterocycles. The van der Waals surface area contributed by atoms with Crippen LogP contribution in [0, 0.1) is 33.8 Å². The van der Waals surface area contributed by atoms with Crippen molar-refractivity contribution in [3.05, 3.63) is 10.1 Å². The molecule has 0 heterocycles. The second kappa shape index (κ2) is 2.48. The van der Waals surface area contributed by atoms with Gasteiger partial charge in [-0.05, 0) is 43.9 Å². The zero-order valence-corrected chi connectivity index (χ0v) is 8.06. The fourth-order valence-electron chi connectivity index (χ4n) is 4.18. The highest BCUT2D eigenvalue weighted by Gasteiger charge is 2.64. The van der Waals surface area contributed by atoms with Crippen LogP contribution in [0.15, 0.2) is 0 Å². The third-order valence-electron chi connectivity index (χ3n) is 4.63. The molecule has 4 fully saturated rings. The number of hydrogen-bond acceptors (Lipinski definition) is 3. The summed E-state index contributed by atoms with van der Waals surface area (Å²) < 4.78 is 0. The zero-order chi connectivity index (χ0) is 9.92. The van der Waals surface area contributed by atoms with E-state index in [1.165, 1.54) is 6.42 Å². The second-order valence-corrected chi connectivity index (χ2v) is 5.34. The monoisotopic (exact) mass is 197 g/mol. The number of hydrogen-bond donors (Lipinski definition) is 1. The lowest BCUT2D eigenvalue weighted by Gasteiger charge is -2.53. The van der Waals surface area contributed by atoms with Crippen molar-refractivity contribution < 1.29 is 10.0 Å². The molecule has 0 aromatic rings. The summed E-state index contributed by atoms with van der Waals surface area (Å²) in [5.41, 5.74) is -1.58. The molecule has 0 atom stereocenters. The summed E-state index contributed by atoms with van der Waals surface area (Å²) in [5, 5.41) is 21.1. The fourth-order valence-corrected chi connectivity index (χ4v) is 4.18. The molecule has 4 rings (SSSR count). The Labute approximate surface area is 82.5 Å². The van der Waals surface area contributed by atoms with Crippen LogP contribution < -0.4 is 0 Å². The Morgan fingerprint density at radius 2 is 1.50 bits per heavy atom. The van der Waals surface area contributed by atoms with Gasteiger partial charge in [0, 0.05) is 0 Å². The molecule has 0 aromatic heterocycles. The molecular formula is C10H15NO3. The maximum Gasteiger partial charge on any atom is 0.327 e. The minimum absolute atomic E-state index is 0.0613. The molecule has 4 aliphatic rings. The SMILES string of the molecule is O=[N+]([O-])C1(O)C2CC3CC(C2)CC1C3. The lowest BCUT2D eigenvalue weighted by Crippen LogP contribution is -2.61. The van der Waals surface area contributed by atoms with Gasteiger partial charge < -0.3 is 5.11 Å². The van der Waals surface area contributed by atoms with Gasteiger partial charge >= 0.3 is 5.72 Å². The predicted octanol–water partition coefficient (Wildman–Crippen LogP) is 1.41. The van der Waals surface area contributed by atoms with E-state index in [-0.39, 0.29) is 11.8 Å². The molecule has 4 bridgehead atoms. The Bertz CT molecular complexity index is 261. The maximum absolute atomic E-state index is 11.0. The van der Waals surface area contributed by atoms with Gasteiger partial charge in [-0.1, -0.05) is 0 Å². The Hall–Kier alpha value is -0.640. The van der Waals surface area contributed by atoms with Crippen molar-refractivity contribution >= 4 is 0 Å². The highest BCUT2D eigenvalue weighted by atomic mass is 16.7. The van der Waals surface area contributed by atoms with Crippen LogP contribution in [0.3, 0.4) is 0 Å². The van der Waals surface area contributed by atoms with Crippen molar-refractivity contribution in [2.45, 2.75) is 37.8 Å². The third kappa shape index (κ3) is 0.874. The van der Waals surface area contributed by atoms with Gasteiger partial charge in [0.05, 0.1) is 16.8 Å². The van der Waals surface area contributed by atoms with Gasteiger partial charge in [0.15, 0.2) is 0 Å². The van der Waals surface area contributed by atoms with E-state index < -0.39 is 10.6 Å². The minimum atomic E-state index is -1.58. The second-order valence-electron chi connectivity index (χ2n) is 5.34. The molecule has 0 aromatic carbocycles. The third-order valence-corrected chi connectivity index (χ3v) is 4.63. The first-order valence-electron chi connectivity index (χ1n) is 5.47. The number of nitrogens with zero attached hydrogens (tertiary/aromatic N) is 1. The van der Waals surface area contributed by atoms with E-state index in [2.05, 4.69) is 0 Å². The first-order valence-corrected chi connectivity index (χ1v) is 5.47. The smallest absolute Gasteiger partial charge is 0.327 e. The number of aliphatic hydroxyl groups is 1. The Kier molecular flexibility index (Phi) is 1.53. The van der Waals surface area contributed by atoms with Crippen molar-refractivity contribution in [1.82, 2.24) is 0 Å². The van der Waals surface area contributed by atoms with Gasteiger partial charge in [-0.2, -0.15) is 0 Å². The molecule has 4 aliphatic carbocycles. The Balaban J connectivity index is 1.98. The standard InChI is InChI=1S/C10H15NO3/c12-10(11(13)14)8-2-6-1-7(4-8)5-9(10)3-6/h6-9,12H,1-5H2. The number of rotatable bonds is 1. The maximum atomic E-state index is 11.0. The molecule has 4 heteroatoms. The highest BCUT2D eigenvalue weighted by molar-refractivity contribution is 5.02. The van der Waals surface area contributed by atoms with E-state index in [9.17, 15) is 15.2 Å². The summed E-state index contributed by atoms with van der Waals surface area (Å²) in [6.45, 7) is 0. The molecule has 14 heavy (non-hydrogen) atoms. The predicted molar refractivity (Wildman–Crippen MR) is 49.0 cm³/mol. The summed E-state index contributed by atoms with van der Waals surface area (Å²) in [6.07, 6.45) is 4.77. The molecule has 0 saturated heterocycles. The molecular weight excluding hydrogens is 182 g/mol. The van der Waals surface area contributed by atoms with Crippen LogP contribution in [0.2, 0.25) is 0 Å². The van der Waals surface area contributed by atoms with E-state index in [4.69, 9.17) is 0 Å². The van der Waals surface area contributed by atoms with Crippen molar-refractivity contribution in [3.8, 4) is 0 Å². The zero-order valence-electron chi connectivity index (χ0n) is 8.06. The molecule has 1 N–H and O–H groups in total. The van der Waals surface area contributed by atoms with E-state index >= 15 is 0 Å². The van der Waals surface area contributed by atoms with Crippen LogP contribution in [-0.2, 0) is 0 Å². The molecule has 0 radical (unpaired) electrons. The van der Waals surface area contributed by atoms with Crippen molar-refractivity contribution in [2.75, 3.05) is 0 Å². The van der Waals surface area contributed by atoms with Gasteiger partial charge in [-0.3, -0.25) is 10.1 Å². The Morgan fingerprint density at radius 1 is 1.07 bits per heavy atom.